The molecule has 0 amide bonds. The fraction of sp³-hybridized carbons (Fsp3) is 0.615. The van der Waals surface area contributed by atoms with Crippen molar-refractivity contribution in [3.05, 3.63) is 18.3 Å². The smallest absolute Gasteiger partial charge is 0.130 e. The minimum absolute atomic E-state index is 0.547. The molecule has 1 aromatic rings. The standard InChI is InChI=1S/C13H21N3/c1-9-6-10(2)11(3)16(8-9)13-7-12(14)4-5-15-13/h4-5,7,9-11H,6,8H2,1-3H3,(H2,14,15). The van der Waals surface area contributed by atoms with Gasteiger partial charge >= 0.3 is 0 Å². The van der Waals surface area contributed by atoms with Gasteiger partial charge in [0.25, 0.3) is 0 Å². The Morgan fingerprint density at radius 1 is 1.38 bits per heavy atom. The molecule has 2 heterocycles. The highest BCUT2D eigenvalue weighted by Crippen LogP contribution is 2.30. The number of aromatic nitrogens is 1. The summed E-state index contributed by atoms with van der Waals surface area (Å²) in [4.78, 5) is 6.81. The van der Waals surface area contributed by atoms with Crippen LogP contribution in [0.2, 0.25) is 0 Å². The first-order valence-electron chi connectivity index (χ1n) is 6.06. The van der Waals surface area contributed by atoms with E-state index in [2.05, 4.69) is 30.7 Å². The predicted octanol–water partition coefficient (Wildman–Crippen LogP) is 2.53. The van der Waals surface area contributed by atoms with Crippen molar-refractivity contribution in [2.75, 3.05) is 17.2 Å². The predicted molar refractivity (Wildman–Crippen MR) is 68.4 cm³/mol. The van der Waals surface area contributed by atoms with Crippen LogP contribution in [0.25, 0.3) is 0 Å². The zero-order valence-corrected chi connectivity index (χ0v) is 10.4. The highest BCUT2D eigenvalue weighted by molar-refractivity contribution is 5.51. The Balaban J connectivity index is 2.25. The Bertz CT molecular complexity index is 364. The van der Waals surface area contributed by atoms with Crippen LogP contribution in [0.4, 0.5) is 11.5 Å². The summed E-state index contributed by atoms with van der Waals surface area (Å²) in [7, 11) is 0. The molecule has 3 nitrogen and oxygen atoms in total. The quantitative estimate of drug-likeness (QED) is 0.789. The van der Waals surface area contributed by atoms with E-state index < -0.39 is 0 Å². The summed E-state index contributed by atoms with van der Waals surface area (Å²) in [6.45, 7) is 7.99. The lowest BCUT2D eigenvalue weighted by Crippen LogP contribution is -2.46. The van der Waals surface area contributed by atoms with Gasteiger partial charge in [-0.3, -0.25) is 0 Å². The van der Waals surface area contributed by atoms with Crippen molar-refractivity contribution in [1.82, 2.24) is 4.98 Å². The van der Waals surface area contributed by atoms with E-state index in [1.165, 1.54) is 6.42 Å². The molecule has 0 aliphatic carbocycles. The summed E-state index contributed by atoms with van der Waals surface area (Å²) in [6.07, 6.45) is 3.10. The lowest BCUT2D eigenvalue weighted by atomic mass is 9.86. The highest BCUT2D eigenvalue weighted by atomic mass is 15.2. The van der Waals surface area contributed by atoms with Crippen LogP contribution in [0.1, 0.15) is 27.2 Å². The summed E-state index contributed by atoms with van der Waals surface area (Å²) in [6, 6.07) is 4.36. The molecule has 0 spiro atoms. The van der Waals surface area contributed by atoms with Gasteiger partial charge < -0.3 is 10.6 Å². The Kier molecular flexibility index (Phi) is 3.03. The maximum Gasteiger partial charge on any atom is 0.130 e. The molecule has 3 atom stereocenters. The van der Waals surface area contributed by atoms with Gasteiger partial charge in [-0.15, -0.1) is 0 Å². The molecular formula is C13H21N3. The number of piperidine rings is 1. The van der Waals surface area contributed by atoms with Crippen LogP contribution in [0.3, 0.4) is 0 Å². The zero-order chi connectivity index (χ0) is 11.7. The fourth-order valence-corrected chi connectivity index (χ4v) is 2.61. The van der Waals surface area contributed by atoms with Crippen molar-refractivity contribution >= 4 is 11.5 Å². The van der Waals surface area contributed by atoms with E-state index in [1.54, 1.807) is 6.20 Å². The monoisotopic (exact) mass is 219 g/mol. The van der Waals surface area contributed by atoms with Gasteiger partial charge in [0, 0.05) is 30.5 Å². The molecule has 0 radical (unpaired) electrons. The molecule has 16 heavy (non-hydrogen) atoms. The highest BCUT2D eigenvalue weighted by Gasteiger charge is 2.29. The molecule has 1 saturated heterocycles. The molecule has 1 fully saturated rings. The molecule has 3 unspecified atom stereocenters. The first kappa shape index (κ1) is 11.2. The third kappa shape index (κ3) is 2.13. The molecule has 2 N–H and O–H groups in total. The minimum Gasteiger partial charge on any atom is -0.399 e. The number of nitrogens with zero attached hydrogens (tertiary/aromatic N) is 2. The van der Waals surface area contributed by atoms with Crippen molar-refractivity contribution in [3.63, 3.8) is 0 Å². The minimum atomic E-state index is 0.547. The average Bonchev–Trinajstić information content (AvgIpc) is 2.23. The molecule has 0 bridgehead atoms. The average molecular weight is 219 g/mol. The summed E-state index contributed by atoms with van der Waals surface area (Å²) in [5.41, 5.74) is 6.61. The second-order valence-electron chi connectivity index (χ2n) is 5.16. The summed E-state index contributed by atoms with van der Waals surface area (Å²) in [5.74, 6) is 2.47. The van der Waals surface area contributed by atoms with E-state index in [0.717, 1.165) is 24.0 Å². The molecule has 1 aliphatic rings. The number of pyridine rings is 1. The molecule has 0 saturated carbocycles. The Morgan fingerprint density at radius 2 is 2.12 bits per heavy atom. The lowest BCUT2D eigenvalue weighted by Gasteiger charge is -2.41. The Labute approximate surface area is 97.7 Å². The molecule has 88 valence electrons. The Morgan fingerprint density at radius 3 is 2.81 bits per heavy atom. The Hall–Kier alpha value is -1.25. The van der Waals surface area contributed by atoms with Gasteiger partial charge in [0.05, 0.1) is 0 Å². The first-order chi connectivity index (χ1) is 7.58. The van der Waals surface area contributed by atoms with E-state index >= 15 is 0 Å². The largest absolute Gasteiger partial charge is 0.399 e. The number of hydrogen-bond acceptors (Lipinski definition) is 3. The number of nitrogens with two attached hydrogens (primary N) is 1. The lowest BCUT2D eigenvalue weighted by molar-refractivity contribution is 0.295. The fourth-order valence-electron chi connectivity index (χ4n) is 2.61. The topological polar surface area (TPSA) is 42.1 Å². The van der Waals surface area contributed by atoms with Crippen LogP contribution in [-0.2, 0) is 0 Å². The normalized spacial score (nSPS) is 30.4. The summed E-state index contributed by atoms with van der Waals surface area (Å²) < 4.78 is 0. The van der Waals surface area contributed by atoms with E-state index in [1.807, 2.05) is 12.1 Å². The number of rotatable bonds is 1. The summed E-state index contributed by atoms with van der Waals surface area (Å²) in [5, 5.41) is 0. The van der Waals surface area contributed by atoms with Crippen LogP contribution >= 0.6 is 0 Å². The van der Waals surface area contributed by atoms with Gasteiger partial charge in [-0.05, 0) is 31.2 Å². The number of hydrogen-bond donors (Lipinski definition) is 1. The van der Waals surface area contributed by atoms with Gasteiger partial charge in [0.15, 0.2) is 0 Å². The van der Waals surface area contributed by atoms with Crippen molar-refractivity contribution < 1.29 is 0 Å². The van der Waals surface area contributed by atoms with Crippen molar-refractivity contribution in [3.8, 4) is 0 Å². The molecule has 3 heteroatoms. The van der Waals surface area contributed by atoms with Crippen LogP contribution in [0, 0.1) is 11.8 Å². The van der Waals surface area contributed by atoms with Crippen LogP contribution in [0.15, 0.2) is 18.3 Å². The van der Waals surface area contributed by atoms with E-state index in [9.17, 15) is 0 Å². The third-order valence-electron chi connectivity index (χ3n) is 3.66. The van der Waals surface area contributed by atoms with E-state index in [4.69, 9.17) is 5.73 Å². The van der Waals surface area contributed by atoms with Gasteiger partial charge in [-0.25, -0.2) is 4.98 Å². The molecule has 2 rings (SSSR count). The number of anilines is 2. The molecule has 1 aliphatic heterocycles. The molecule has 1 aromatic heterocycles. The second-order valence-corrected chi connectivity index (χ2v) is 5.16. The van der Waals surface area contributed by atoms with Crippen molar-refractivity contribution in [2.45, 2.75) is 33.2 Å². The maximum absolute atomic E-state index is 5.81. The second kappa shape index (κ2) is 4.32. The number of nitrogen functional groups attached to an aromatic ring is 1. The van der Waals surface area contributed by atoms with Crippen LogP contribution in [0.5, 0.6) is 0 Å². The third-order valence-corrected chi connectivity index (χ3v) is 3.66. The van der Waals surface area contributed by atoms with E-state index in [-0.39, 0.29) is 0 Å². The SMILES string of the molecule is CC1CC(C)C(C)N(c2cc(N)ccn2)C1. The van der Waals surface area contributed by atoms with Gasteiger partial charge in [0.1, 0.15) is 5.82 Å². The summed E-state index contributed by atoms with van der Waals surface area (Å²) >= 11 is 0. The zero-order valence-electron chi connectivity index (χ0n) is 10.4. The van der Waals surface area contributed by atoms with Gasteiger partial charge in [-0.1, -0.05) is 13.8 Å². The molecular weight excluding hydrogens is 198 g/mol. The van der Waals surface area contributed by atoms with Gasteiger partial charge in [-0.2, -0.15) is 0 Å². The van der Waals surface area contributed by atoms with E-state index in [0.29, 0.717) is 12.0 Å². The molecule has 0 aromatic carbocycles. The first-order valence-corrected chi connectivity index (χ1v) is 6.06. The maximum atomic E-state index is 5.81. The van der Waals surface area contributed by atoms with Crippen LogP contribution < -0.4 is 10.6 Å². The van der Waals surface area contributed by atoms with Crippen molar-refractivity contribution in [1.29, 1.82) is 0 Å². The van der Waals surface area contributed by atoms with Crippen LogP contribution in [-0.4, -0.2) is 17.6 Å². The van der Waals surface area contributed by atoms with Crippen molar-refractivity contribution in [2.24, 2.45) is 11.8 Å². The van der Waals surface area contributed by atoms with Gasteiger partial charge in [0.2, 0.25) is 0 Å².